The van der Waals surface area contributed by atoms with E-state index in [1.54, 1.807) is 6.20 Å². The molecule has 3 rings (SSSR count). The molecule has 0 spiro atoms. The van der Waals surface area contributed by atoms with Gasteiger partial charge < -0.3 is 4.74 Å². The van der Waals surface area contributed by atoms with Gasteiger partial charge in [-0.3, -0.25) is 0 Å². The molecule has 0 saturated carbocycles. The van der Waals surface area contributed by atoms with E-state index in [0.29, 0.717) is 11.8 Å². The van der Waals surface area contributed by atoms with Gasteiger partial charge in [-0.2, -0.15) is 13.2 Å². The number of alkyl halides is 3. The van der Waals surface area contributed by atoms with Crippen LogP contribution in [0.25, 0.3) is 5.69 Å². The van der Waals surface area contributed by atoms with Gasteiger partial charge >= 0.3 is 12.2 Å². The van der Waals surface area contributed by atoms with Crippen molar-refractivity contribution in [1.29, 1.82) is 0 Å². The Morgan fingerprint density at radius 1 is 1.21 bits per heavy atom. The summed E-state index contributed by atoms with van der Waals surface area (Å²) in [4.78, 5) is 8.40. The fourth-order valence-corrected chi connectivity index (χ4v) is 2.56. The fraction of sp³-hybridized carbons (Fsp3) is 0.333. The molecule has 1 aromatic carbocycles. The number of ether oxygens (including phenoxy) is 1. The first-order chi connectivity index (χ1) is 13.3. The van der Waals surface area contributed by atoms with E-state index < -0.39 is 17.6 Å². The van der Waals surface area contributed by atoms with Crippen molar-refractivity contribution in [2.45, 2.75) is 39.5 Å². The molecule has 148 valence electrons. The lowest BCUT2D eigenvalue weighted by molar-refractivity contribution is -0.140. The first kappa shape index (κ1) is 19.7. The zero-order chi connectivity index (χ0) is 20.3. The van der Waals surface area contributed by atoms with Gasteiger partial charge in [0.2, 0.25) is 0 Å². The van der Waals surface area contributed by atoms with Crippen LogP contribution in [0.4, 0.5) is 17.6 Å². The number of halogens is 4. The molecule has 3 aromatic rings. The predicted octanol–water partition coefficient (Wildman–Crippen LogP) is 4.06. The third-order valence-corrected chi connectivity index (χ3v) is 3.99. The van der Waals surface area contributed by atoms with Crippen LogP contribution in [0.1, 0.15) is 35.9 Å². The molecule has 6 nitrogen and oxygen atoms in total. The summed E-state index contributed by atoms with van der Waals surface area (Å²) in [5.74, 6) is -1.35. The maximum absolute atomic E-state index is 13.4. The van der Waals surface area contributed by atoms with Crippen molar-refractivity contribution in [2.75, 3.05) is 0 Å². The van der Waals surface area contributed by atoms with E-state index in [1.807, 2.05) is 6.92 Å². The normalized spacial score (nSPS) is 11.6. The molecule has 0 amide bonds. The molecular weight excluding hydrogens is 378 g/mol. The van der Waals surface area contributed by atoms with Crippen LogP contribution in [-0.2, 0) is 19.2 Å². The molecule has 0 bridgehead atoms. The summed E-state index contributed by atoms with van der Waals surface area (Å²) in [5.41, 5.74) is 0.883. The maximum Gasteiger partial charge on any atom is 0.419 e. The summed E-state index contributed by atoms with van der Waals surface area (Å²) < 4.78 is 58.5. The molecule has 0 aliphatic rings. The lowest BCUT2D eigenvalue weighted by Crippen LogP contribution is -2.09. The number of rotatable bonds is 6. The largest absolute Gasteiger partial charge is 0.457 e. The Morgan fingerprint density at radius 2 is 2.00 bits per heavy atom. The Balaban J connectivity index is 1.72. The molecule has 2 heterocycles. The summed E-state index contributed by atoms with van der Waals surface area (Å²) in [6.45, 7) is 3.91. The molecule has 0 radical (unpaired) electrons. The zero-order valence-corrected chi connectivity index (χ0v) is 15.2. The number of aromatic nitrogens is 5. The topological polar surface area (TPSA) is 65.7 Å². The summed E-state index contributed by atoms with van der Waals surface area (Å²) in [7, 11) is 0. The highest BCUT2D eigenvalue weighted by atomic mass is 19.4. The second kappa shape index (κ2) is 7.91. The van der Waals surface area contributed by atoms with Gasteiger partial charge in [-0.05, 0) is 37.1 Å². The van der Waals surface area contributed by atoms with Crippen LogP contribution in [0.3, 0.4) is 0 Å². The first-order valence-corrected chi connectivity index (χ1v) is 8.51. The number of aryl methyl sites for hydroxylation is 2. The summed E-state index contributed by atoms with van der Waals surface area (Å²) >= 11 is 0. The predicted molar refractivity (Wildman–Crippen MR) is 91.4 cm³/mol. The van der Waals surface area contributed by atoms with E-state index in [2.05, 4.69) is 27.2 Å². The van der Waals surface area contributed by atoms with E-state index >= 15 is 0 Å². The molecule has 2 aromatic heterocycles. The smallest absolute Gasteiger partial charge is 0.419 e. The molecule has 0 N–H and O–H groups in total. The van der Waals surface area contributed by atoms with Crippen molar-refractivity contribution in [3.05, 3.63) is 58.9 Å². The standard InChI is InChI=1S/C18H17F4N5O/c1-3-4-12-8-23-17(24-11(12)2)28-10-13-9-27(26-25-13)14-5-6-16(19)15(7-14)18(20,21)22/h5-9H,3-4,10H2,1-2H3. The number of benzene rings is 1. The van der Waals surface area contributed by atoms with E-state index in [4.69, 9.17) is 4.74 Å². The average Bonchev–Trinajstić information content (AvgIpc) is 3.10. The highest BCUT2D eigenvalue weighted by Crippen LogP contribution is 2.32. The fourth-order valence-electron chi connectivity index (χ4n) is 2.56. The average molecular weight is 395 g/mol. The molecule has 0 unspecified atom stereocenters. The Bertz CT molecular complexity index is 971. The highest BCUT2D eigenvalue weighted by molar-refractivity contribution is 5.37. The molecule has 0 saturated heterocycles. The van der Waals surface area contributed by atoms with Crippen LogP contribution in [-0.4, -0.2) is 25.0 Å². The van der Waals surface area contributed by atoms with E-state index in [1.165, 1.54) is 12.3 Å². The van der Waals surface area contributed by atoms with Crippen molar-refractivity contribution >= 4 is 0 Å². The minimum Gasteiger partial charge on any atom is -0.457 e. The molecule has 0 aliphatic carbocycles. The Kier molecular flexibility index (Phi) is 5.57. The summed E-state index contributed by atoms with van der Waals surface area (Å²) in [6.07, 6.45) is 0.150. The van der Waals surface area contributed by atoms with Crippen molar-refractivity contribution < 1.29 is 22.3 Å². The summed E-state index contributed by atoms with van der Waals surface area (Å²) in [6, 6.07) is 2.77. The van der Waals surface area contributed by atoms with Gasteiger partial charge in [-0.25, -0.2) is 19.0 Å². The highest BCUT2D eigenvalue weighted by Gasteiger charge is 2.34. The quantitative estimate of drug-likeness (QED) is 0.589. The van der Waals surface area contributed by atoms with Crippen LogP contribution in [0, 0.1) is 12.7 Å². The second-order valence-corrected chi connectivity index (χ2v) is 6.12. The Hall–Kier alpha value is -3.04. The second-order valence-electron chi connectivity index (χ2n) is 6.12. The summed E-state index contributed by atoms with van der Waals surface area (Å²) in [5, 5.41) is 7.61. The van der Waals surface area contributed by atoms with Gasteiger partial charge in [0, 0.05) is 11.9 Å². The zero-order valence-electron chi connectivity index (χ0n) is 15.2. The minimum absolute atomic E-state index is 0.0140. The number of hydrogen-bond acceptors (Lipinski definition) is 5. The van der Waals surface area contributed by atoms with Gasteiger partial charge in [-0.15, -0.1) is 5.10 Å². The third kappa shape index (κ3) is 4.44. The van der Waals surface area contributed by atoms with Crippen LogP contribution in [0.5, 0.6) is 6.01 Å². The SMILES string of the molecule is CCCc1cnc(OCc2cn(-c3ccc(F)c(C(F)(F)F)c3)nn2)nc1C. The lowest BCUT2D eigenvalue weighted by Gasteiger charge is -2.09. The molecule has 10 heteroatoms. The first-order valence-electron chi connectivity index (χ1n) is 8.51. The van der Waals surface area contributed by atoms with E-state index in [0.717, 1.165) is 34.8 Å². The van der Waals surface area contributed by atoms with Crippen LogP contribution < -0.4 is 4.74 Å². The molecule has 0 atom stereocenters. The molecular formula is C18H17F4N5O. The minimum atomic E-state index is -4.80. The van der Waals surface area contributed by atoms with Crippen LogP contribution in [0.15, 0.2) is 30.6 Å². The van der Waals surface area contributed by atoms with E-state index in [9.17, 15) is 17.6 Å². The molecule has 28 heavy (non-hydrogen) atoms. The van der Waals surface area contributed by atoms with Gasteiger partial charge in [-0.1, -0.05) is 18.6 Å². The van der Waals surface area contributed by atoms with Gasteiger partial charge in [0.25, 0.3) is 0 Å². The third-order valence-electron chi connectivity index (χ3n) is 3.99. The number of hydrogen-bond donors (Lipinski definition) is 0. The molecule has 0 fully saturated rings. The maximum atomic E-state index is 13.4. The van der Waals surface area contributed by atoms with Crippen LogP contribution in [0.2, 0.25) is 0 Å². The van der Waals surface area contributed by atoms with Crippen molar-refractivity contribution in [3.8, 4) is 11.7 Å². The van der Waals surface area contributed by atoms with Crippen molar-refractivity contribution in [1.82, 2.24) is 25.0 Å². The Labute approximate surface area is 158 Å². The molecule has 0 aliphatic heterocycles. The van der Waals surface area contributed by atoms with Crippen molar-refractivity contribution in [3.63, 3.8) is 0 Å². The van der Waals surface area contributed by atoms with Gasteiger partial charge in [0.1, 0.15) is 18.1 Å². The Morgan fingerprint density at radius 3 is 2.68 bits per heavy atom. The van der Waals surface area contributed by atoms with Crippen LogP contribution >= 0.6 is 0 Å². The van der Waals surface area contributed by atoms with Gasteiger partial charge in [0.15, 0.2) is 0 Å². The van der Waals surface area contributed by atoms with Gasteiger partial charge in [0.05, 0.1) is 17.4 Å². The van der Waals surface area contributed by atoms with E-state index in [-0.39, 0.29) is 18.3 Å². The number of nitrogens with zero attached hydrogens (tertiary/aromatic N) is 5. The lowest BCUT2D eigenvalue weighted by atomic mass is 10.1. The monoisotopic (exact) mass is 395 g/mol. The van der Waals surface area contributed by atoms with Crippen molar-refractivity contribution in [2.24, 2.45) is 0 Å².